The largest absolute Gasteiger partial charge is 0.368 e. The smallest absolute Gasteiger partial charge is 0.126 e. The highest BCUT2D eigenvalue weighted by molar-refractivity contribution is 5.38. The van der Waals surface area contributed by atoms with E-state index in [-0.39, 0.29) is 5.54 Å². The molecule has 1 fully saturated rings. The van der Waals surface area contributed by atoms with Crippen LogP contribution in [0.5, 0.6) is 0 Å². The highest BCUT2D eigenvalue weighted by Crippen LogP contribution is 2.36. The van der Waals surface area contributed by atoms with Gasteiger partial charge in [0.2, 0.25) is 0 Å². The minimum Gasteiger partial charge on any atom is -0.368 e. The predicted octanol–water partition coefficient (Wildman–Crippen LogP) is 0.732. The Kier molecular flexibility index (Phi) is 1.62. The third kappa shape index (κ3) is 1.30. The standard InChI is InChI=1S/C10H16N4/c11-10(3-4-10)2-1-8-13-7-9-12-5-6-14(8)9/h7,12H,1-6,11H2. The van der Waals surface area contributed by atoms with E-state index in [1.807, 2.05) is 6.20 Å². The molecule has 1 saturated carbocycles. The molecule has 3 N–H and O–H groups in total. The number of nitrogens with two attached hydrogens (primary N) is 1. The van der Waals surface area contributed by atoms with E-state index in [2.05, 4.69) is 14.9 Å². The summed E-state index contributed by atoms with van der Waals surface area (Å²) in [6.45, 7) is 2.10. The third-order valence-electron chi connectivity index (χ3n) is 3.32. The predicted molar refractivity (Wildman–Crippen MR) is 55.2 cm³/mol. The van der Waals surface area contributed by atoms with Crippen LogP contribution in [0.1, 0.15) is 25.1 Å². The van der Waals surface area contributed by atoms with Crippen LogP contribution < -0.4 is 11.1 Å². The number of nitrogens with one attached hydrogen (secondary N) is 1. The highest BCUT2D eigenvalue weighted by atomic mass is 15.2. The molecule has 0 atom stereocenters. The van der Waals surface area contributed by atoms with Crippen molar-refractivity contribution in [2.75, 3.05) is 11.9 Å². The second kappa shape index (κ2) is 2.73. The van der Waals surface area contributed by atoms with Gasteiger partial charge in [-0.25, -0.2) is 4.98 Å². The van der Waals surface area contributed by atoms with E-state index in [4.69, 9.17) is 5.73 Å². The van der Waals surface area contributed by atoms with Gasteiger partial charge in [0.1, 0.15) is 11.6 Å². The summed E-state index contributed by atoms with van der Waals surface area (Å²) in [6, 6.07) is 0. The molecule has 1 aromatic heterocycles. The van der Waals surface area contributed by atoms with Crippen molar-refractivity contribution < 1.29 is 0 Å². The van der Waals surface area contributed by atoms with Gasteiger partial charge in [0.05, 0.1) is 6.20 Å². The van der Waals surface area contributed by atoms with Gasteiger partial charge >= 0.3 is 0 Å². The average Bonchev–Trinajstić information content (AvgIpc) is 2.65. The number of nitrogens with zero attached hydrogens (tertiary/aromatic N) is 2. The van der Waals surface area contributed by atoms with Crippen LogP contribution in [-0.2, 0) is 13.0 Å². The van der Waals surface area contributed by atoms with E-state index in [0.29, 0.717) is 0 Å². The van der Waals surface area contributed by atoms with Gasteiger partial charge in [0, 0.05) is 25.0 Å². The van der Waals surface area contributed by atoms with Gasteiger partial charge < -0.3 is 15.6 Å². The van der Waals surface area contributed by atoms with Gasteiger partial charge in [-0.2, -0.15) is 0 Å². The summed E-state index contributed by atoms with van der Waals surface area (Å²) in [4.78, 5) is 4.41. The number of rotatable bonds is 3. The number of fused-ring (bicyclic) bond motifs is 1. The summed E-state index contributed by atoms with van der Waals surface area (Å²) >= 11 is 0. The Bertz CT molecular complexity index is 351. The maximum Gasteiger partial charge on any atom is 0.126 e. The van der Waals surface area contributed by atoms with E-state index in [0.717, 1.165) is 25.9 Å². The molecule has 0 aromatic carbocycles. The minimum absolute atomic E-state index is 0.151. The lowest BCUT2D eigenvalue weighted by molar-refractivity contribution is 0.580. The Hall–Kier alpha value is -1.03. The first-order valence-corrected chi connectivity index (χ1v) is 5.34. The van der Waals surface area contributed by atoms with E-state index in [1.165, 1.54) is 24.5 Å². The van der Waals surface area contributed by atoms with Gasteiger partial charge in [0.25, 0.3) is 0 Å². The molecule has 4 nitrogen and oxygen atoms in total. The van der Waals surface area contributed by atoms with Gasteiger partial charge in [-0.1, -0.05) is 0 Å². The summed E-state index contributed by atoms with van der Waals surface area (Å²) in [5.41, 5.74) is 6.21. The average molecular weight is 192 g/mol. The van der Waals surface area contributed by atoms with Crippen LogP contribution in [0.3, 0.4) is 0 Å². The fourth-order valence-electron chi connectivity index (χ4n) is 2.07. The summed E-state index contributed by atoms with van der Waals surface area (Å²) < 4.78 is 2.27. The molecule has 2 aliphatic rings. The molecule has 0 radical (unpaired) electrons. The molecular weight excluding hydrogens is 176 g/mol. The van der Waals surface area contributed by atoms with Crippen molar-refractivity contribution in [3.63, 3.8) is 0 Å². The Morgan fingerprint density at radius 2 is 2.43 bits per heavy atom. The van der Waals surface area contributed by atoms with Gasteiger partial charge in [-0.3, -0.25) is 0 Å². The summed E-state index contributed by atoms with van der Waals surface area (Å²) in [5, 5.41) is 3.30. The number of anilines is 1. The van der Waals surface area contributed by atoms with Gasteiger partial charge in [0.15, 0.2) is 0 Å². The van der Waals surface area contributed by atoms with Gasteiger partial charge in [-0.05, 0) is 19.3 Å². The van der Waals surface area contributed by atoms with Crippen LogP contribution in [0.2, 0.25) is 0 Å². The molecule has 4 heteroatoms. The monoisotopic (exact) mass is 192 g/mol. The zero-order valence-electron chi connectivity index (χ0n) is 8.29. The lowest BCUT2D eigenvalue weighted by Crippen LogP contribution is -2.22. The lowest BCUT2D eigenvalue weighted by atomic mass is 10.1. The van der Waals surface area contributed by atoms with Crippen LogP contribution in [0.25, 0.3) is 0 Å². The van der Waals surface area contributed by atoms with Crippen molar-refractivity contribution >= 4 is 5.82 Å². The van der Waals surface area contributed by atoms with Crippen molar-refractivity contribution in [1.82, 2.24) is 9.55 Å². The third-order valence-corrected chi connectivity index (χ3v) is 3.32. The molecule has 1 aliphatic carbocycles. The fourth-order valence-corrected chi connectivity index (χ4v) is 2.07. The molecule has 0 amide bonds. The first-order valence-electron chi connectivity index (χ1n) is 5.34. The number of aromatic nitrogens is 2. The fraction of sp³-hybridized carbons (Fsp3) is 0.700. The SMILES string of the molecule is NC1(CCc2ncc3n2CCN3)CC1. The molecule has 0 unspecified atom stereocenters. The first kappa shape index (κ1) is 8.29. The van der Waals surface area contributed by atoms with Crippen molar-refractivity contribution in [1.29, 1.82) is 0 Å². The Labute approximate surface area is 83.5 Å². The van der Waals surface area contributed by atoms with Crippen molar-refractivity contribution in [2.24, 2.45) is 5.73 Å². The molecule has 14 heavy (non-hydrogen) atoms. The molecule has 1 aromatic rings. The minimum atomic E-state index is 0.151. The Morgan fingerprint density at radius 3 is 3.21 bits per heavy atom. The van der Waals surface area contributed by atoms with Crippen LogP contribution in [0.15, 0.2) is 6.20 Å². The molecule has 2 heterocycles. The first-order chi connectivity index (χ1) is 6.77. The zero-order chi connectivity index (χ0) is 9.60. The second-order valence-corrected chi connectivity index (χ2v) is 4.50. The number of hydrogen-bond acceptors (Lipinski definition) is 3. The van der Waals surface area contributed by atoms with Crippen molar-refractivity contribution in [3.8, 4) is 0 Å². The maximum atomic E-state index is 6.06. The lowest BCUT2D eigenvalue weighted by Gasteiger charge is -2.08. The normalized spacial score (nSPS) is 21.8. The second-order valence-electron chi connectivity index (χ2n) is 4.50. The van der Waals surface area contributed by atoms with Crippen LogP contribution in [0.4, 0.5) is 5.82 Å². The van der Waals surface area contributed by atoms with E-state index >= 15 is 0 Å². The molecule has 1 aliphatic heterocycles. The van der Waals surface area contributed by atoms with Gasteiger partial charge in [-0.15, -0.1) is 0 Å². The highest BCUT2D eigenvalue weighted by Gasteiger charge is 2.37. The Balaban J connectivity index is 1.71. The van der Waals surface area contributed by atoms with Crippen LogP contribution in [0, 0.1) is 0 Å². The summed E-state index contributed by atoms with van der Waals surface area (Å²) in [5.74, 6) is 2.36. The molecule has 76 valence electrons. The summed E-state index contributed by atoms with van der Waals surface area (Å²) in [6.07, 6.45) is 6.43. The molecule has 0 spiro atoms. The van der Waals surface area contributed by atoms with E-state index in [9.17, 15) is 0 Å². The molecule has 3 rings (SSSR count). The topological polar surface area (TPSA) is 55.9 Å². The Morgan fingerprint density at radius 1 is 1.57 bits per heavy atom. The molecule has 0 saturated heterocycles. The summed E-state index contributed by atoms with van der Waals surface area (Å²) in [7, 11) is 0. The number of hydrogen-bond donors (Lipinski definition) is 2. The molecule has 0 bridgehead atoms. The number of imidazole rings is 1. The number of aryl methyl sites for hydroxylation is 1. The van der Waals surface area contributed by atoms with Crippen LogP contribution in [-0.4, -0.2) is 21.6 Å². The van der Waals surface area contributed by atoms with E-state index < -0.39 is 0 Å². The van der Waals surface area contributed by atoms with Crippen LogP contribution >= 0.6 is 0 Å². The molecular formula is C10H16N4. The maximum absolute atomic E-state index is 6.06. The van der Waals surface area contributed by atoms with Crippen molar-refractivity contribution in [3.05, 3.63) is 12.0 Å². The quantitative estimate of drug-likeness (QED) is 0.742. The zero-order valence-corrected chi connectivity index (χ0v) is 8.29. The van der Waals surface area contributed by atoms with E-state index in [1.54, 1.807) is 0 Å². The van der Waals surface area contributed by atoms with Crippen molar-refractivity contribution in [2.45, 2.75) is 37.8 Å².